The molecule has 2 heterocycles. The highest BCUT2D eigenvalue weighted by Gasteiger charge is 2.47. The van der Waals surface area contributed by atoms with Gasteiger partial charge in [0.25, 0.3) is 0 Å². The average molecular weight is 405 g/mol. The van der Waals surface area contributed by atoms with Gasteiger partial charge in [-0.15, -0.1) is 0 Å². The lowest BCUT2D eigenvalue weighted by Crippen LogP contribution is -2.19. The number of hydrogen-bond donors (Lipinski definition) is 1. The van der Waals surface area contributed by atoms with Crippen molar-refractivity contribution in [1.29, 1.82) is 0 Å². The van der Waals surface area contributed by atoms with Crippen molar-refractivity contribution in [1.82, 2.24) is 0 Å². The van der Waals surface area contributed by atoms with E-state index in [-0.39, 0.29) is 17.8 Å². The summed E-state index contributed by atoms with van der Waals surface area (Å²) in [4.78, 5) is 0. The predicted molar refractivity (Wildman–Crippen MR) is 114 cm³/mol. The van der Waals surface area contributed by atoms with E-state index in [1.54, 1.807) is 0 Å². The quantitative estimate of drug-likeness (QED) is 0.696. The Labute approximate surface area is 169 Å². The summed E-state index contributed by atoms with van der Waals surface area (Å²) < 4.78 is 30.9. The van der Waals surface area contributed by atoms with Gasteiger partial charge in [0.2, 0.25) is 0 Å². The number of phenolic OH excluding ortho intramolecular Hbond substituents is 1. The van der Waals surface area contributed by atoms with Gasteiger partial charge in [-0.25, -0.2) is 8.42 Å². The van der Waals surface area contributed by atoms with Gasteiger partial charge in [-0.1, -0.05) is 32.4 Å². The molecule has 0 radical (unpaired) electrons. The molecule has 0 unspecified atom stereocenters. The lowest BCUT2D eigenvalue weighted by Gasteiger charge is -2.16. The minimum atomic E-state index is -3.09. The number of fused-ring (bicyclic) bond motifs is 1. The molecule has 0 amide bonds. The first-order valence-electron chi connectivity index (χ1n) is 10.2. The number of phenols is 1. The van der Waals surface area contributed by atoms with Crippen LogP contribution in [-0.2, 0) is 14.6 Å². The van der Waals surface area contributed by atoms with E-state index < -0.39 is 15.1 Å². The molecular formula is C23H32O4S. The average Bonchev–Trinajstić information content (AvgIpc) is 3.16. The molecule has 2 aliphatic rings. The zero-order valence-electron chi connectivity index (χ0n) is 17.6. The molecule has 154 valence electrons. The molecule has 5 heteroatoms. The molecular weight excluding hydrogens is 372 g/mol. The van der Waals surface area contributed by atoms with Crippen LogP contribution < -0.4 is 0 Å². The van der Waals surface area contributed by atoms with E-state index in [2.05, 4.69) is 26.8 Å². The van der Waals surface area contributed by atoms with E-state index in [4.69, 9.17) is 4.74 Å². The Morgan fingerprint density at radius 2 is 1.93 bits per heavy atom. The lowest BCUT2D eigenvalue weighted by atomic mass is 9.91. The van der Waals surface area contributed by atoms with Crippen LogP contribution in [0.1, 0.15) is 56.7 Å². The van der Waals surface area contributed by atoms with Crippen LogP contribution in [0.15, 0.2) is 28.9 Å². The summed E-state index contributed by atoms with van der Waals surface area (Å²) in [6.45, 7) is 10.4. The van der Waals surface area contributed by atoms with E-state index in [9.17, 15) is 13.5 Å². The standard InChI is InChI=1S/C23H32O4S/c1-6-17(11-18-9-15(4)23(24)16(5)10-18)7-8-20-22-19(14(2)3)13-28(25,26)21(22)12-27-20/h9-11,14,20-21,24H,6-8,12-13H2,1-5H3/b17-11+/t20-,21+/m1/s1. The Balaban J connectivity index is 1.78. The van der Waals surface area contributed by atoms with Gasteiger partial charge in [-0.05, 0) is 79.0 Å². The summed E-state index contributed by atoms with van der Waals surface area (Å²) in [7, 11) is -3.09. The van der Waals surface area contributed by atoms with Gasteiger partial charge in [0.05, 0.1) is 18.5 Å². The van der Waals surface area contributed by atoms with E-state index in [1.807, 2.05) is 26.0 Å². The maximum absolute atomic E-state index is 12.5. The van der Waals surface area contributed by atoms with Crippen LogP contribution in [0.3, 0.4) is 0 Å². The first-order chi connectivity index (χ1) is 13.1. The molecule has 0 bridgehead atoms. The summed E-state index contributed by atoms with van der Waals surface area (Å²) in [6.07, 6.45) is 4.73. The number of aryl methyl sites for hydroxylation is 2. The van der Waals surface area contributed by atoms with Crippen LogP contribution in [0.4, 0.5) is 0 Å². The molecule has 1 N–H and O–H groups in total. The number of hydrogen-bond acceptors (Lipinski definition) is 4. The number of ether oxygens (including phenoxy) is 1. The highest BCUT2D eigenvalue weighted by Crippen LogP contribution is 2.41. The molecule has 1 aromatic carbocycles. The van der Waals surface area contributed by atoms with E-state index in [1.165, 1.54) is 5.57 Å². The molecule has 2 aliphatic heterocycles. The monoisotopic (exact) mass is 404 g/mol. The number of sulfone groups is 1. The number of rotatable bonds is 6. The highest BCUT2D eigenvalue weighted by atomic mass is 32.2. The summed E-state index contributed by atoms with van der Waals surface area (Å²) in [6, 6.07) is 4.01. The highest BCUT2D eigenvalue weighted by molar-refractivity contribution is 7.92. The van der Waals surface area contributed by atoms with Gasteiger partial charge in [0.15, 0.2) is 9.84 Å². The van der Waals surface area contributed by atoms with Crippen LogP contribution in [0.25, 0.3) is 6.08 Å². The van der Waals surface area contributed by atoms with Crippen LogP contribution >= 0.6 is 0 Å². The van der Waals surface area contributed by atoms with Gasteiger partial charge in [-0.2, -0.15) is 0 Å². The normalized spacial score (nSPS) is 24.3. The van der Waals surface area contributed by atoms with Crippen molar-refractivity contribution < 1.29 is 18.3 Å². The van der Waals surface area contributed by atoms with Crippen molar-refractivity contribution in [3.63, 3.8) is 0 Å². The van der Waals surface area contributed by atoms with Crippen molar-refractivity contribution in [3.8, 4) is 5.75 Å². The summed E-state index contributed by atoms with van der Waals surface area (Å²) in [5, 5.41) is 9.55. The first kappa shape index (κ1) is 21.1. The van der Waals surface area contributed by atoms with Gasteiger partial charge in [0.1, 0.15) is 11.0 Å². The third-order valence-electron chi connectivity index (χ3n) is 6.07. The Bertz CT molecular complexity index is 899. The Morgan fingerprint density at radius 3 is 2.50 bits per heavy atom. The van der Waals surface area contributed by atoms with Crippen molar-refractivity contribution in [2.24, 2.45) is 5.92 Å². The molecule has 0 aromatic heterocycles. The number of benzene rings is 1. The minimum absolute atomic E-state index is 0.0853. The van der Waals surface area contributed by atoms with E-state index in [0.717, 1.165) is 47.1 Å². The van der Waals surface area contributed by atoms with Crippen LogP contribution in [0, 0.1) is 19.8 Å². The van der Waals surface area contributed by atoms with Crippen LogP contribution in [-0.4, -0.2) is 37.2 Å². The fourth-order valence-electron chi connectivity index (χ4n) is 4.42. The third kappa shape index (κ3) is 4.06. The molecule has 0 saturated carbocycles. The molecule has 3 rings (SSSR count). The van der Waals surface area contributed by atoms with Gasteiger partial charge >= 0.3 is 0 Å². The lowest BCUT2D eigenvalue weighted by molar-refractivity contribution is 0.117. The molecule has 2 atom stereocenters. The first-order valence-corrected chi connectivity index (χ1v) is 11.9. The van der Waals surface area contributed by atoms with E-state index in [0.29, 0.717) is 12.4 Å². The van der Waals surface area contributed by atoms with Crippen molar-refractivity contribution >= 4 is 15.9 Å². The van der Waals surface area contributed by atoms with Gasteiger partial charge in [0, 0.05) is 0 Å². The van der Waals surface area contributed by atoms with Gasteiger partial charge in [-0.3, -0.25) is 0 Å². The third-order valence-corrected chi connectivity index (χ3v) is 8.04. The van der Waals surface area contributed by atoms with E-state index >= 15 is 0 Å². The maximum atomic E-state index is 12.5. The predicted octanol–water partition coefficient (Wildman–Crippen LogP) is 4.73. The Kier molecular flexibility index (Phi) is 6.06. The molecule has 0 spiro atoms. The largest absolute Gasteiger partial charge is 0.507 e. The molecule has 0 aliphatic carbocycles. The molecule has 1 fully saturated rings. The topological polar surface area (TPSA) is 63.6 Å². The SMILES string of the molecule is CC/C(=C\c1cc(C)c(O)c(C)c1)CC[C@H]1OC[C@H]2C1=C(C(C)C)CS2(=O)=O. The Hall–Kier alpha value is -1.59. The Morgan fingerprint density at radius 1 is 1.29 bits per heavy atom. The maximum Gasteiger partial charge on any atom is 0.163 e. The second-order valence-corrected chi connectivity index (χ2v) is 10.6. The second kappa shape index (κ2) is 8.03. The molecule has 1 aromatic rings. The number of aromatic hydroxyl groups is 1. The van der Waals surface area contributed by atoms with Crippen LogP contribution in [0.2, 0.25) is 0 Å². The van der Waals surface area contributed by atoms with Crippen LogP contribution in [0.5, 0.6) is 5.75 Å². The minimum Gasteiger partial charge on any atom is -0.507 e. The van der Waals surface area contributed by atoms with Gasteiger partial charge < -0.3 is 9.84 Å². The number of allylic oxidation sites excluding steroid dienone is 1. The fraction of sp³-hybridized carbons (Fsp3) is 0.565. The van der Waals surface area contributed by atoms with Crippen molar-refractivity contribution in [3.05, 3.63) is 45.5 Å². The zero-order valence-corrected chi connectivity index (χ0v) is 18.4. The molecule has 4 nitrogen and oxygen atoms in total. The van der Waals surface area contributed by atoms with Crippen molar-refractivity contribution in [2.75, 3.05) is 12.4 Å². The van der Waals surface area contributed by atoms with Crippen molar-refractivity contribution in [2.45, 2.75) is 65.2 Å². The smallest absolute Gasteiger partial charge is 0.163 e. The summed E-state index contributed by atoms with van der Waals surface area (Å²) in [5.74, 6) is 0.798. The second-order valence-electron chi connectivity index (χ2n) is 8.45. The molecule has 1 saturated heterocycles. The zero-order chi connectivity index (χ0) is 20.6. The fourth-order valence-corrected chi connectivity index (χ4v) is 6.53. The summed E-state index contributed by atoms with van der Waals surface area (Å²) >= 11 is 0. The summed E-state index contributed by atoms with van der Waals surface area (Å²) in [5.41, 5.74) is 6.28. The molecule has 28 heavy (non-hydrogen) atoms.